The highest BCUT2D eigenvalue weighted by Gasteiger charge is 2.16. The van der Waals surface area contributed by atoms with Crippen LogP contribution in [0, 0.1) is 13.8 Å². The molecule has 0 aliphatic heterocycles. The van der Waals surface area contributed by atoms with Gasteiger partial charge in [0.05, 0.1) is 5.69 Å². The van der Waals surface area contributed by atoms with Crippen molar-refractivity contribution in [1.29, 1.82) is 0 Å². The summed E-state index contributed by atoms with van der Waals surface area (Å²) in [5.41, 5.74) is 4.17. The summed E-state index contributed by atoms with van der Waals surface area (Å²) < 4.78 is 8.16. The first kappa shape index (κ1) is 18.6. The summed E-state index contributed by atoms with van der Waals surface area (Å²) >= 11 is 2.15. The summed E-state index contributed by atoms with van der Waals surface area (Å²) in [7, 11) is 4.07. The Morgan fingerprint density at radius 1 is 1.04 bits per heavy atom. The molecule has 0 aliphatic carbocycles. The molecule has 0 saturated carbocycles. The maximum atomic E-state index is 6.01. The van der Waals surface area contributed by atoms with E-state index in [1.54, 1.807) is 0 Å². The SMILES string of the molecule is CI.Cc1nc2c(OCc3ccccc3)ccc(C)n2c1N(C)C. The third-order valence-electron chi connectivity index (χ3n) is 3.73. The Hall–Kier alpha value is -1.76. The second-order valence-electron chi connectivity index (χ2n) is 5.69. The number of nitrogens with zero attached hydrogens (tertiary/aromatic N) is 3. The second kappa shape index (κ2) is 8.37. The lowest BCUT2D eigenvalue weighted by Crippen LogP contribution is -2.13. The number of ether oxygens (including phenoxy) is 1. The van der Waals surface area contributed by atoms with Crippen molar-refractivity contribution >= 4 is 34.1 Å². The first-order valence-electron chi connectivity index (χ1n) is 7.78. The summed E-state index contributed by atoms with van der Waals surface area (Å²) in [5.74, 6) is 1.91. The lowest BCUT2D eigenvalue weighted by atomic mass is 10.2. The highest BCUT2D eigenvalue weighted by molar-refractivity contribution is 14.1. The molecule has 0 atom stereocenters. The maximum Gasteiger partial charge on any atom is 0.181 e. The molecule has 24 heavy (non-hydrogen) atoms. The topological polar surface area (TPSA) is 29.8 Å². The Bertz CT molecular complexity index is 797. The van der Waals surface area contributed by atoms with Crippen LogP contribution in [0.25, 0.3) is 5.65 Å². The minimum Gasteiger partial charge on any atom is -0.485 e. The molecule has 0 radical (unpaired) electrons. The monoisotopic (exact) mass is 437 g/mol. The number of hydrogen-bond acceptors (Lipinski definition) is 3. The quantitative estimate of drug-likeness (QED) is 0.440. The van der Waals surface area contributed by atoms with Gasteiger partial charge in [0.15, 0.2) is 11.4 Å². The summed E-state index contributed by atoms with van der Waals surface area (Å²) in [6.07, 6.45) is 0. The zero-order chi connectivity index (χ0) is 17.7. The Kier molecular flexibility index (Phi) is 6.48. The van der Waals surface area contributed by atoms with E-state index in [4.69, 9.17) is 9.72 Å². The zero-order valence-corrected chi connectivity index (χ0v) is 17.0. The fourth-order valence-corrected chi connectivity index (χ4v) is 2.74. The highest BCUT2D eigenvalue weighted by Crippen LogP contribution is 2.28. The molecule has 0 saturated heterocycles. The Morgan fingerprint density at radius 3 is 2.33 bits per heavy atom. The van der Waals surface area contributed by atoms with Gasteiger partial charge in [-0.25, -0.2) is 4.98 Å². The fraction of sp³-hybridized carbons (Fsp3) is 0.316. The maximum absolute atomic E-state index is 6.01. The molecule has 2 aromatic heterocycles. The molecule has 0 aliphatic rings. The van der Waals surface area contributed by atoms with Crippen LogP contribution in [0.15, 0.2) is 42.5 Å². The minimum absolute atomic E-state index is 0.544. The van der Waals surface area contributed by atoms with E-state index in [1.165, 1.54) is 0 Å². The van der Waals surface area contributed by atoms with Gasteiger partial charge in [0, 0.05) is 19.8 Å². The van der Waals surface area contributed by atoms with Crippen molar-refractivity contribution < 1.29 is 4.74 Å². The highest BCUT2D eigenvalue weighted by atomic mass is 127. The van der Waals surface area contributed by atoms with Crippen LogP contribution in [-0.4, -0.2) is 28.4 Å². The van der Waals surface area contributed by atoms with E-state index in [-0.39, 0.29) is 0 Å². The van der Waals surface area contributed by atoms with Gasteiger partial charge in [0.25, 0.3) is 0 Å². The molecule has 2 heterocycles. The van der Waals surface area contributed by atoms with Crippen LogP contribution in [0.1, 0.15) is 17.0 Å². The van der Waals surface area contributed by atoms with Crippen LogP contribution in [0.3, 0.4) is 0 Å². The largest absolute Gasteiger partial charge is 0.485 e. The van der Waals surface area contributed by atoms with Crippen LogP contribution in [0.2, 0.25) is 0 Å². The van der Waals surface area contributed by atoms with Crippen molar-refractivity contribution in [2.75, 3.05) is 23.9 Å². The molecule has 0 N–H and O–H groups in total. The summed E-state index contributed by atoms with van der Waals surface area (Å²) in [6.45, 7) is 4.66. The summed E-state index contributed by atoms with van der Waals surface area (Å²) in [4.78, 5) is 8.76. The van der Waals surface area contributed by atoms with Crippen LogP contribution in [0.5, 0.6) is 5.75 Å². The average Bonchev–Trinajstić information content (AvgIpc) is 2.95. The van der Waals surface area contributed by atoms with Gasteiger partial charge >= 0.3 is 0 Å². The number of fused-ring (bicyclic) bond motifs is 1. The number of aromatic nitrogens is 2. The molecule has 1 aromatic carbocycles. The predicted octanol–water partition coefficient (Wildman–Crippen LogP) is 4.65. The number of benzene rings is 1. The number of hydrogen-bond donors (Lipinski definition) is 0. The molecule has 0 unspecified atom stereocenters. The molecule has 0 bridgehead atoms. The fourth-order valence-electron chi connectivity index (χ4n) is 2.74. The molecular formula is C19H24IN3O. The molecule has 0 spiro atoms. The van der Waals surface area contributed by atoms with Gasteiger partial charge in [-0.15, -0.1) is 0 Å². The van der Waals surface area contributed by atoms with E-state index in [0.29, 0.717) is 6.61 Å². The normalized spacial score (nSPS) is 10.2. The van der Waals surface area contributed by atoms with Crippen molar-refractivity contribution in [3.63, 3.8) is 0 Å². The molecule has 3 aromatic rings. The van der Waals surface area contributed by atoms with Gasteiger partial charge in [-0.05, 0) is 36.5 Å². The van der Waals surface area contributed by atoms with Gasteiger partial charge in [0.1, 0.15) is 12.4 Å². The van der Waals surface area contributed by atoms with Crippen LogP contribution >= 0.6 is 22.6 Å². The second-order valence-corrected chi connectivity index (χ2v) is 5.69. The molecule has 5 heteroatoms. The first-order chi connectivity index (χ1) is 11.6. The van der Waals surface area contributed by atoms with E-state index in [2.05, 4.69) is 57.0 Å². The molecule has 0 amide bonds. The van der Waals surface area contributed by atoms with E-state index < -0.39 is 0 Å². The Labute approximate surface area is 157 Å². The average molecular weight is 437 g/mol. The van der Waals surface area contributed by atoms with Gasteiger partial charge in [-0.3, -0.25) is 4.40 Å². The molecule has 4 nitrogen and oxygen atoms in total. The number of pyridine rings is 1. The lowest BCUT2D eigenvalue weighted by Gasteiger charge is -2.15. The summed E-state index contributed by atoms with van der Waals surface area (Å²) in [6, 6.07) is 14.2. The Morgan fingerprint density at radius 2 is 1.71 bits per heavy atom. The smallest absolute Gasteiger partial charge is 0.181 e. The van der Waals surface area contributed by atoms with Gasteiger partial charge in [-0.1, -0.05) is 52.9 Å². The van der Waals surface area contributed by atoms with E-state index >= 15 is 0 Å². The van der Waals surface area contributed by atoms with E-state index in [0.717, 1.165) is 34.2 Å². The van der Waals surface area contributed by atoms with Crippen LogP contribution < -0.4 is 9.64 Å². The molecule has 128 valence electrons. The third-order valence-corrected chi connectivity index (χ3v) is 3.73. The zero-order valence-electron chi connectivity index (χ0n) is 14.9. The standard InChI is InChI=1S/C18H21N3O.CH3I/c1-13-10-11-16(22-12-15-8-6-5-7-9-15)17-19-14(2)18(20(3)4)21(13)17;1-2/h5-11H,12H2,1-4H3;1H3. The summed E-state index contributed by atoms with van der Waals surface area (Å²) in [5, 5.41) is 0. The van der Waals surface area contributed by atoms with Crippen molar-refractivity contribution in [2.24, 2.45) is 0 Å². The van der Waals surface area contributed by atoms with Gasteiger partial charge in [-0.2, -0.15) is 0 Å². The molecule has 3 rings (SSSR count). The third kappa shape index (κ3) is 3.83. The van der Waals surface area contributed by atoms with Crippen molar-refractivity contribution in [3.05, 3.63) is 59.4 Å². The predicted molar refractivity (Wildman–Crippen MR) is 110 cm³/mol. The van der Waals surface area contributed by atoms with Crippen LogP contribution in [0.4, 0.5) is 5.82 Å². The first-order valence-corrected chi connectivity index (χ1v) is 9.94. The van der Waals surface area contributed by atoms with Crippen molar-refractivity contribution in [2.45, 2.75) is 20.5 Å². The van der Waals surface area contributed by atoms with Gasteiger partial charge in [0.2, 0.25) is 0 Å². The Balaban J connectivity index is 0.00000100. The number of anilines is 1. The van der Waals surface area contributed by atoms with Crippen LogP contribution in [-0.2, 0) is 6.61 Å². The van der Waals surface area contributed by atoms with Gasteiger partial charge < -0.3 is 9.64 Å². The van der Waals surface area contributed by atoms with E-state index in [9.17, 15) is 0 Å². The minimum atomic E-state index is 0.544. The number of halogens is 1. The van der Waals surface area contributed by atoms with Crippen molar-refractivity contribution in [3.8, 4) is 5.75 Å². The number of rotatable bonds is 4. The molecule has 0 fully saturated rings. The van der Waals surface area contributed by atoms with Crippen molar-refractivity contribution in [1.82, 2.24) is 9.38 Å². The van der Waals surface area contributed by atoms with E-state index in [1.807, 2.05) is 50.2 Å². The molecular weight excluding hydrogens is 413 g/mol. The number of imidazole rings is 1. The lowest BCUT2D eigenvalue weighted by molar-refractivity contribution is 0.308. The number of aryl methyl sites for hydroxylation is 2. The number of alkyl halides is 1.